The summed E-state index contributed by atoms with van der Waals surface area (Å²) in [6.45, 7) is 0. The van der Waals surface area contributed by atoms with Gasteiger partial charge in [-0.2, -0.15) is 5.26 Å². The van der Waals surface area contributed by atoms with Gasteiger partial charge < -0.3 is 15.2 Å². The second kappa shape index (κ2) is 6.59. The molecule has 0 saturated heterocycles. The largest absolute Gasteiger partial charge is 0.507 e. The Morgan fingerprint density at radius 3 is 2.68 bits per heavy atom. The van der Waals surface area contributed by atoms with Crippen LogP contribution in [0.5, 0.6) is 11.5 Å². The highest BCUT2D eigenvalue weighted by molar-refractivity contribution is 5.97. The smallest absolute Gasteiger partial charge is 0.259 e. The third-order valence-electron chi connectivity index (χ3n) is 3.07. The van der Waals surface area contributed by atoms with Gasteiger partial charge in [-0.3, -0.25) is 4.79 Å². The molecule has 2 rings (SSSR count). The van der Waals surface area contributed by atoms with Crippen molar-refractivity contribution >= 4 is 5.91 Å². The number of hydrogen-bond acceptors (Lipinski definition) is 4. The predicted octanol–water partition coefficient (Wildman–Crippen LogP) is 2.53. The lowest BCUT2D eigenvalue weighted by atomic mass is 10.1. The first-order valence-corrected chi connectivity index (χ1v) is 6.39. The van der Waals surface area contributed by atoms with Gasteiger partial charge in [0.15, 0.2) is 0 Å². The van der Waals surface area contributed by atoms with E-state index in [0.29, 0.717) is 11.3 Å². The summed E-state index contributed by atoms with van der Waals surface area (Å²) in [6, 6.07) is 11.1. The summed E-state index contributed by atoms with van der Waals surface area (Å²) in [7, 11) is 1.44. The summed E-state index contributed by atoms with van der Waals surface area (Å²) in [6.07, 6.45) is 0. The number of methoxy groups -OCH3 is 1. The van der Waals surface area contributed by atoms with E-state index in [1.165, 1.54) is 19.2 Å². The van der Waals surface area contributed by atoms with Crippen molar-refractivity contribution in [1.82, 2.24) is 5.32 Å². The molecule has 0 aliphatic heterocycles. The highest BCUT2D eigenvalue weighted by atomic mass is 19.1. The summed E-state index contributed by atoms with van der Waals surface area (Å²) in [5, 5.41) is 21.2. The Hall–Kier alpha value is -3.07. The minimum absolute atomic E-state index is 0.423. The fourth-order valence-electron chi connectivity index (χ4n) is 2.03. The lowest BCUT2D eigenvalue weighted by molar-refractivity contribution is 0.0938. The lowest BCUT2D eigenvalue weighted by Crippen LogP contribution is -2.28. The van der Waals surface area contributed by atoms with E-state index in [0.717, 1.165) is 6.07 Å². The molecular formula is C16H13FN2O3. The molecule has 0 aromatic heterocycles. The van der Waals surface area contributed by atoms with Gasteiger partial charge in [0.05, 0.1) is 13.2 Å². The predicted molar refractivity (Wildman–Crippen MR) is 76.9 cm³/mol. The molecule has 6 heteroatoms. The fraction of sp³-hybridized carbons (Fsp3) is 0.125. The number of phenols is 1. The normalized spacial score (nSPS) is 11.3. The van der Waals surface area contributed by atoms with E-state index >= 15 is 0 Å². The molecule has 0 saturated carbocycles. The first-order chi connectivity index (χ1) is 10.6. The molecule has 0 spiro atoms. The van der Waals surface area contributed by atoms with Crippen LogP contribution in [0.2, 0.25) is 0 Å². The van der Waals surface area contributed by atoms with Crippen molar-refractivity contribution in [3.63, 3.8) is 0 Å². The van der Waals surface area contributed by atoms with Gasteiger partial charge in [0.25, 0.3) is 5.91 Å². The molecule has 0 aliphatic carbocycles. The number of aromatic hydroxyl groups is 1. The maximum atomic E-state index is 13.7. The lowest BCUT2D eigenvalue weighted by Gasteiger charge is -2.15. The molecule has 1 amide bonds. The standard InChI is InChI=1S/C16H13FN2O3/c1-22-14-8-3-2-5-10(14)12(9-18)19-16(21)15-11(17)6-4-7-13(15)20/h2-8,12,20H,1H3,(H,19,21)/t12-/m0/s1. The van der Waals surface area contributed by atoms with Crippen molar-refractivity contribution in [2.24, 2.45) is 0 Å². The molecule has 22 heavy (non-hydrogen) atoms. The van der Waals surface area contributed by atoms with E-state index in [2.05, 4.69) is 5.32 Å². The number of carbonyl (C=O) groups is 1. The summed E-state index contributed by atoms with van der Waals surface area (Å²) >= 11 is 0. The van der Waals surface area contributed by atoms with Crippen LogP contribution in [0.4, 0.5) is 4.39 Å². The Kier molecular flexibility index (Phi) is 4.59. The number of nitrogens with one attached hydrogen (secondary N) is 1. The van der Waals surface area contributed by atoms with E-state index in [4.69, 9.17) is 4.74 Å². The van der Waals surface area contributed by atoms with E-state index in [1.54, 1.807) is 24.3 Å². The zero-order valence-corrected chi connectivity index (χ0v) is 11.7. The van der Waals surface area contributed by atoms with Gasteiger partial charge in [0.1, 0.15) is 28.9 Å². The van der Waals surface area contributed by atoms with Crippen molar-refractivity contribution in [2.45, 2.75) is 6.04 Å². The number of phenolic OH excluding ortho intramolecular Hbond substituents is 1. The summed E-state index contributed by atoms with van der Waals surface area (Å²) in [5.74, 6) is -1.82. The monoisotopic (exact) mass is 300 g/mol. The molecule has 5 nitrogen and oxygen atoms in total. The molecule has 0 aliphatic rings. The van der Waals surface area contributed by atoms with Crippen LogP contribution in [0.15, 0.2) is 42.5 Å². The van der Waals surface area contributed by atoms with Crippen LogP contribution in [-0.2, 0) is 0 Å². The first kappa shape index (κ1) is 15.3. The zero-order valence-electron chi connectivity index (χ0n) is 11.7. The maximum Gasteiger partial charge on any atom is 0.259 e. The Morgan fingerprint density at radius 2 is 2.05 bits per heavy atom. The highest BCUT2D eigenvalue weighted by Crippen LogP contribution is 2.26. The van der Waals surface area contributed by atoms with Gasteiger partial charge in [-0.05, 0) is 18.2 Å². The number of rotatable bonds is 4. The molecular weight excluding hydrogens is 287 g/mol. The van der Waals surface area contributed by atoms with Crippen LogP contribution in [0.25, 0.3) is 0 Å². The van der Waals surface area contributed by atoms with Crippen LogP contribution in [0.3, 0.4) is 0 Å². The van der Waals surface area contributed by atoms with Crippen LogP contribution < -0.4 is 10.1 Å². The Balaban J connectivity index is 2.32. The molecule has 2 aromatic carbocycles. The summed E-state index contributed by atoms with van der Waals surface area (Å²) < 4.78 is 18.8. The number of halogens is 1. The van der Waals surface area contributed by atoms with Crippen molar-refractivity contribution in [2.75, 3.05) is 7.11 Å². The van der Waals surface area contributed by atoms with Crippen molar-refractivity contribution in [1.29, 1.82) is 5.26 Å². The molecule has 2 aromatic rings. The van der Waals surface area contributed by atoms with E-state index < -0.39 is 29.1 Å². The van der Waals surface area contributed by atoms with Gasteiger partial charge in [-0.25, -0.2) is 4.39 Å². The third-order valence-corrected chi connectivity index (χ3v) is 3.07. The molecule has 2 N–H and O–H groups in total. The quantitative estimate of drug-likeness (QED) is 0.909. The minimum atomic E-state index is -1.04. The van der Waals surface area contributed by atoms with Crippen molar-refractivity contribution < 1.29 is 19.0 Å². The van der Waals surface area contributed by atoms with Gasteiger partial charge in [0.2, 0.25) is 0 Å². The SMILES string of the molecule is COc1ccccc1[C@H](C#N)NC(=O)c1c(O)cccc1F. The number of hydrogen-bond donors (Lipinski definition) is 2. The van der Waals surface area contributed by atoms with Crippen LogP contribution in [-0.4, -0.2) is 18.1 Å². The molecule has 0 heterocycles. The number of para-hydroxylation sites is 1. The number of amides is 1. The molecule has 0 unspecified atom stereocenters. The van der Waals surface area contributed by atoms with E-state index in [9.17, 15) is 19.6 Å². The van der Waals surface area contributed by atoms with Gasteiger partial charge in [0, 0.05) is 5.56 Å². The number of benzene rings is 2. The van der Waals surface area contributed by atoms with Crippen molar-refractivity contribution in [3.8, 4) is 17.6 Å². The molecule has 112 valence electrons. The van der Waals surface area contributed by atoms with Crippen LogP contribution >= 0.6 is 0 Å². The summed E-state index contributed by atoms with van der Waals surface area (Å²) in [4.78, 5) is 12.1. The third kappa shape index (κ3) is 2.99. The van der Waals surface area contributed by atoms with Crippen LogP contribution in [0, 0.1) is 17.1 Å². The number of ether oxygens (including phenoxy) is 1. The highest BCUT2D eigenvalue weighted by Gasteiger charge is 2.22. The van der Waals surface area contributed by atoms with Crippen LogP contribution in [0.1, 0.15) is 22.0 Å². The van der Waals surface area contributed by atoms with Gasteiger partial charge >= 0.3 is 0 Å². The molecule has 1 atom stereocenters. The van der Waals surface area contributed by atoms with Gasteiger partial charge in [-0.15, -0.1) is 0 Å². The first-order valence-electron chi connectivity index (χ1n) is 6.39. The Morgan fingerprint density at radius 1 is 1.32 bits per heavy atom. The fourth-order valence-corrected chi connectivity index (χ4v) is 2.03. The second-order valence-corrected chi connectivity index (χ2v) is 4.41. The molecule has 0 radical (unpaired) electrons. The second-order valence-electron chi connectivity index (χ2n) is 4.41. The molecule has 0 bridgehead atoms. The number of nitrogens with zero attached hydrogens (tertiary/aromatic N) is 1. The topological polar surface area (TPSA) is 82.3 Å². The van der Waals surface area contributed by atoms with E-state index in [1.807, 2.05) is 6.07 Å². The van der Waals surface area contributed by atoms with E-state index in [-0.39, 0.29) is 0 Å². The number of nitriles is 1. The molecule has 0 fully saturated rings. The Bertz CT molecular complexity index is 720. The average Bonchev–Trinajstić information content (AvgIpc) is 2.52. The zero-order chi connectivity index (χ0) is 16.1. The summed E-state index contributed by atoms with van der Waals surface area (Å²) in [5.41, 5.74) is -0.0608. The average molecular weight is 300 g/mol. The van der Waals surface area contributed by atoms with Gasteiger partial charge in [-0.1, -0.05) is 24.3 Å². The number of carbonyl (C=O) groups excluding carboxylic acids is 1. The Labute approximate surface area is 126 Å². The van der Waals surface area contributed by atoms with Crippen molar-refractivity contribution in [3.05, 3.63) is 59.4 Å². The minimum Gasteiger partial charge on any atom is -0.507 e. The maximum absolute atomic E-state index is 13.7.